The number of hydrogen-bond donors (Lipinski definition) is 1. The van der Waals surface area contributed by atoms with Crippen LogP contribution in [0, 0.1) is 28.6 Å². The first-order chi connectivity index (χ1) is 14.6. The lowest BCUT2D eigenvalue weighted by Gasteiger charge is -2.30. The van der Waals surface area contributed by atoms with Gasteiger partial charge in [-0.1, -0.05) is 0 Å². The van der Waals surface area contributed by atoms with Crippen LogP contribution in [0.3, 0.4) is 0 Å². The van der Waals surface area contributed by atoms with Crippen LogP contribution in [0.5, 0.6) is 0 Å². The Balaban J connectivity index is 1.68. The molecule has 148 valence electrons. The average Bonchev–Trinajstić information content (AvgIpc) is 3.61. The Kier molecular flexibility index (Phi) is 5.28. The van der Waals surface area contributed by atoms with Crippen LogP contribution >= 0.6 is 0 Å². The van der Waals surface area contributed by atoms with E-state index in [0.717, 1.165) is 23.7 Å². The molecule has 1 atom stereocenters. The van der Waals surface area contributed by atoms with Gasteiger partial charge >= 0.3 is 0 Å². The molecular weight excluding hydrogens is 376 g/mol. The van der Waals surface area contributed by atoms with E-state index in [-0.39, 0.29) is 24.9 Å². The number of anilines is 1. The maximum absolute atomic E-state index is 13.5. The average molecular weight is 396 g/mol. The first-order valence-corrected chi connectivity index (χ1v) is 9.78. The molecule has 7 heteroatoms. The van der Waals surface area contributed by atoms with Crippen molar-refractivity contribution in [2.75, 3.05) is 5.73 Å². The molecule has 0 saturated heterocycles. The van der Waals surface area contributed by atoms with Crippen LogP contribution in [-0.2, 0) is 6.54 Å². The number of nitrogens with two attached hydrogens (primary N) is 1. The second kappa shape index (κ2) is 8.18. The summed E-state index contributed by atoms with van der Waals surface area (Å²) < 4.78 is 0. The van der Waals surface area contributed by atoms with Gasteiger partial charge in [-0.05, 0) is 61.2 Å². The third-order valence-electron chi connectivity index (χ3n) is 5.37. The molecule has 1 saturated carbocycles. The molecule has 2 aromatic heterocycles. The third-order valence-corrected chi connectivity index (χ3v) is 5.37. The number of nitrogens with zero attached hydrogens (tertiary/aromatic N) is 5. The van der Waals surface area contributed by atoms with E-state index in [1.165, 1.54) is 6.20 Å². The number of carbonyl (C=O) groups excluding carboxylic acids is 1. The van der Waals surface area contributed by atoms with Crippen LogP contribution in [0.4, 0.5) is 5.82 Å². The Morgan fingerprint density at radius 1 is 1.20 bits per heavy atom. The molecule has 4 rings (SSSR count). The molecular formula is C23H20N6O. The molecule has 7 nitrogen and oxygen atoms in total. The van der Waals surface area contributed by atoms with E-state index in [1.54, 1.807) is 41.3 Å². The van der Waals surface area contributed by atoms with Gasteiger partial charge in [0.1, 0.15) is 11.9 Å². The first-order valence-electron chi connectivity index (χ1n) is 9.78. The maximum Gasteiger partial charge on any atom is 0.254 e. The summed E-state index contributed by atoms with van der Waals surface area (Å²) in [5, 5.41) is 19.2. The number of rotatable bonds is 6. The Morgan fingerprint density at radius 2 is 2.03 bits per heavy atom. The van der Waals surface area contributed by atoms with Crippen molar-refractivity contribution in [2.24, 2.45) is 5.92 Å². The van der Waals surface area contributed by atoms with Gasteiger partial charge in [0.25, 0.3) is 5.91 Å². The van der Waals surface area contributed by atoms with Gasteiger partial charge in [-0.15, -0.1) is 0 Å². The van der Waals surface area contributed by atoms with Crippen LogP contribution in [0.2, 0.25) is 0 Å². The van der Waals surface area contributed by atoms with Crippen molar-refractivity contribution in [3.63, 3.8) is 0 Å². The van der Waals surface area contributed by atoms with E-state index >= 15 is 0 Å². The van der Waals surface area contributed by atoms with E-state index in [4.69, 9.17) is 11.0 Å². The summed E-state index contributed by atoms with van der Waals surface area (Å²) in [6, 6.07) is 16.4. The Hall–Kier alpha value is -3.97. The predicted octanol–water partition coefficient (Wildman–Crippen LogP) is 3.42. The summed E-state index contributed by atoms with van der Waals surface area (Å²) in [6.45, 7) is 0.283. The Morgan fingerprint density at radius 3 is 2.70 bits per heavy atom. The van der Waals surface area contributed by atoms with Gasteiger partial charge in [0, 0.05) is 23.2 Å². The normalized spacial score (nSPS) is 13.9. The topological polar surface area (TPSA) is 120 Å². The number of pyridine rings is 2. The third kappa shape index (κ3) is 4.06. The molecule has 1 amide bonds. The highest BCUT2D eigenvalue weighted by atomic mass is 16.2. The highest BCUT2D eigenvalue weighted by Gasteiger charge is 2.37. The zero-order chi connectivity index (χ0) is 21.1. The molecule has 1 fully saturated rings. The fraction of sp³-hybridized carbons (Fsp3) is 0.261. The minimum absolute atomic E-state index is 0.146. The van der Waals surface area contributed by atoms with E-state index < -0.39 is 0 Å². The molecule has 0 bridgehead atoms. The van der Waals surface area contributed by atoms with Crippen molar-refractivity contribution in [1.82, 2.24) is 14.9 Å². The lowest BCUT2D eigenvalue weighted by atomic mass is 10.0. The van der Waals surface area contributed by atoms with Gasteiger partial charge in [-0.2, -0.15) is 10.5 Å². The Bertz CT molecular complexity index is 1170. The number of carbonyl (C=O) groups is 1. The van der Waals surface area contributed by atoms with Crippen molar-refractivity contribution in [1.29, 1.82) is 10.5 Å². The standard InChI is InChI=1S/C23H20N6O/c24-10-9-21(16-2-3-16)29(14-19-6-1-15(12-25)13-27-19)23(30)18-4-7-20-17(11-18)5-8-22(26)28-20/h1,4-8,11,13,16,21H,2-3,9,14H2,(H2,26,28)/t21-/m0/s1. The summed E-state index contributed by atoms with van der Waals surface area (Å²) in [7, 11) is 0. The molecule has 1 aliphatic carbocycles. The number of aromatic nitrogens is 2. The molecule has 1 aromatic carbocycles. The van der Waals surface area contributed by atoms with Crippen LogP contribution in [0.25, 0.3) is 10.9 Å². The van der Waals surface area contributed by atoms with Gasteiger partial charge < -0.3 is 10.6 Å². The smallest absolute Gasteiger partial charge is 0.254 e. The molecule has 30 heavy (non-hydrogen) atoms. The van der Waals surface area contributed by atoms with E-state index in [0.29, 0.717) is 28.6 Å². The van der Waals surface area contributed by atoms with Crippen molar-refractivity contribution in [3.8, 4) is 12.1 Å². The minimum Gasteiger partial charge on any atom is -0.384 e. The molecule has 0 aliphatic heterocycles. The quantitative estimate of drug-likeness (QED) is 0.682. The van der Waals surface area contributed by atoms with Crippen molar-refractivity contribution < 1.29 is 4.79 Å². The largest absolute Gasteiger partial charge is 0.384 e. The summed E-state index contributed by atoms with van der Waals surface area (Å²) in [5.41, 5.74) is 8.15. The summed E-state index contributed by atoms with van der Waals surface area (Å²) in [4.78, 5) is 23.9. The maximum atomic E-state index is 13.5. The lowest BCUT2D eigenvalue weighted by molar-refractivity contribution is 0.0636. The first kappa shape index (κ1) is 19.4. The van der Waals surface area contributed by atoms with Gasteiger partial charge in [0.15, 0.2) is 0 Å². The number of benzene rings is 1. The van der Waals surface area contributed by atoms with Crippen LogP contribution in [0.1, 0.15) is 40.9 Å². The van der Waals surface area contributed by atoms with Crippen LogP contribution in [-0.4, -0.2) is 26.8 Å². The van der Waals surface area contributed by atoms with Crippen molar-refractivity contribution in [3.05, 3.63) is 65.5 Å². The molecule has 0 unspecified atom stereocenters. The number of hydrogen-bond acceptors (Lipinski definition) is 6. The summed E-state index contributed by atoms with van der Waals surface area (Å²) in [6.07, 6.45) is 3.80. The molecule has 1 aliphatic rings. The predicted molar refractivity (Wildman–Crippen MR) is 112 cm³/mol. The van der Waals surface area contributed by atoms with Crippen molar-refractivity contribution in [2.45, 2.75) is 31.8 Å². The fourth-order valence-electron chi connectivity index (χ4n) is 3.64. The number of fused-ring (bicyclic) bond motifs is 1. The van der Waals surface area contributed by atoms with Gasteiger partial charge in [0.2, 0.25) is 0 Å². The zero-order valence-electron chi connectivity index (χ0n) is 16.3. The van der Waals surface area contributed by atoms with Gasteiger partial charge in [-0.25, -0.2) is 4.98 Å². The molecule has 2 heterocycles. The molecule has 0 spiro atoms. The Labute approximate surface area is 174 Å². The number of nitrogen functional groups attached to an aromatic ring is 1. The number of nitriles is 2. The van der Waals surface area contributed by atoms with Crippen LogP contribution < -0.4 is 5.73 Å². The lowest BCUT2D eigenvalue weighted by Crippen LogP contribution is -2.41. The number of amides is 1. The van der Waals surface area contributed by atoms with E-state index in [9.17, 15) is 10.1 Å². The SMILES string of the molecule is N#CC[C@@H](C1CC1)N(Cc1ccc(C#N)cn1)C(=O)c1ccc2nc(N)ccc2c1. The minimum atomic E-state index is -0.166. The highest BCUT2D eigenvalue weighted by Crippen LogP contribution is 2.38. The highest BCUT2D eigenvalue weighted by molar-refractivity contribution is 5.98. The molecule has 3 aromatic rings. The zero-order valence-corrected chi connectivity index (χ0v) is 16.3. The molecule has 2 N–H and O–H groups in total. The fourth-order valence-corrected chi connectivity index (χ4v) is 3.64. The van der Waals surface area contributed by atoms with Crippen molar-refractivity contribution >= 4 is 22.6 Å². The second-order valence-corrected chi connectivity index (χ2v) is 7.49. The van der Waals surface area contributed by atoms with E-state index in [2.05, 4.69) is 16.0 Å². The second-order valence-electron chi connectivity index (χ2n) is 7.49. The van der Waals surface area contributed by atoms with Gasteiger partial charge in [0.05, 0.1) is 35.8 Å². The summed E-state index contributed by atoms with van der Waals surface area (Å²) >= 11 is 0. The van der Waals surface area contributed by atoms with Crippen LogP contribution in [0.15, 0.2) is 48.7 Å². The van der Waals surface area contributed by atoms with E-state index in [1.807, 2.05) is 12.1 Å². The monoisotopic (exact) mass is 396 g/mol. The summed E-state index contributed by atoms with van der Waals surface area (Å²) in [5.74, 6) is 0.610. The molecule has 0 radical (unpaired) electrons. The van der Waals surface area contributed by atoms with Gasteiger partial charge in [-0.3, -0.25) is 9.78 Å².